The zero-order valence-electron chi connectivity index (χ0n) is 10.7. The molecule has 0 saturated carbocycles. The highest BCUT2D eigenvalue weighted by molar-refractivity contribution is 7.14. The lowest BCUT2D eigenvalue weighted by Gasteiger charge is -2.01. The molecule has 0 aliphatic heterocycles. The molecule has 3 rings (SSSR count). The number of hydrogen-bond acceptors (Lipinski definition) is 4. The molecule has 2 aromatic carbocycles. The molecule has 3 nitrogen and oxygen atoms in total. The van der Waals surface area contributed by atoms with Crippen molar-refractivity contribution in [3.8, 4) is 10.6 Å². The Morgan fingerprint density at radius 3 is 2.68 bits per heavy atom. The first-order valence-corrected chi connectivity index (χ1v) is 7.17. The molecule has 2 N–H and O–H groups in total. The van der Waals surface area contributed by atoms with E-state index in [0.29, 0.717) is 0 Å². The second-order valence-electron chi connectivity index (χ2n) is 4.52. The fraction of sp³-hybridized carbons (Fsp3) is 0.200. The van der Waals surface area contributed by atoms with Crippen molar-refractivity contribution in [2.24, 2.45) is 5.73 Å². The molecule has 0 aliphatic carbocycles. The van der Waals surface area contributed by atoms with Crippen LogP contribution in [0.4, 0.5) is 0 Å². The van der Waals surface area contributed by atoms with Crippen LogP contribution in [0, 0.1) is 0 Å². The van der Waals surface area contributed by atoms with Crippen LogP contribution in [-0.2, 0) is 0 Å². The van der Waals surface area contributed by atoms with E-state index in [0.717, 1.165) is 22.0 Å². The van der Waals surface area contributed by atoms with Crippen LogP contribution in [0.3, 0.4) is 0 Å². The van der Waals surface area contributed by atoms with Gasteiger partial charge in [-0.1, -0.05) is 54.7 Å². The smallest absolute Gasteiger partial charge is 0.147 e. The van der Waals surface area contributed by atoms with E-state index in [1.54, 1.807) is 11.3 Å². The lowest BCUT2D eigenvalue weighted by Crippen LogP contribution is -2.07. The Bertz CT molecular complexity index is 705. The highest BCUT2D eigenvalue weighted by atomic mass is 32.1. The van der Waals surface area contributed by atoms with Crippen LogP contribution in [0.15, 0.2) is 42.5 Å². The molecule has 3 aromatic rings. The maximum Gasteiger partial charge on any atom is 0.147 e. The summed E-state index contributed by atoms with van der Waals surface area (Å²) in [5.74, 6) is 0. The van der Waals surface area contributed by atoms with Crippen LogP contribution in [0.1, 0.15) is 24.4 Å². The van der Waals surface area contributed by atoms with Gasteiger partial charge in [-0.2, -0.15) is 0 Å². The minimum absolute atomic E-state index is 0.00768. The van der Waals surface area contributed by atoms with E-state index in [1.807, 2.05) is 12.1 Å². The third kappa shape index (κ3) is 2.37. The predicted octanol–water partition coefficient (Wildman–Crippen LogP) is 3.77. The molecule has 0 saturated heterocycles. The van der Waals surface area contributed by atoms with Gasteiger partial charge in [0.05, 0.1) is 6.04 Å². The summed E-state index contributed by atoms with van der Waals surface area (Å²) >= 11 is 1.58. The first kappa shape index (κ1) is 12.3. The van der Waals surface area contributed by atoms with Crippen molar-refractivity contribution in [2.75, 3.05) is 0 Å². The average Bonchev–Trinajstić information content (AvgIpc) is 2.95. The average molecular weight is 269 g/mol. The van der Waals surface area contributed by atoms with E-state index in [1.165, 1.54) is 10.8 Å². The van der Waals surface area contributed by atoms with Crippen molar-refractivity contribution < 1.29 is 0 Å². The van der Waals surface area contributed by atoms with Gasteiger partial charge in [0.1, 0.15) is 10.0 Å². The van der Waals surface area contributed by atoms with Crippen molar-refractivity contribution in [3.63, 3.8) is 0 Å². The minimum Gasteiger partial charge on any atom is -0.322 e. The van der Waals surface area contributed by atoms with Crippen LogP contribution in [0.25, 0.3) is 21.3 Å². The Balaban J connectivity index is 2.01. The molecule has 1 unspecified atom stereocenters. The van der Waals surface area contributed by atoms with Gasteiger partial charge in [0, 0.05) is 5.56 Å². The van der Waals surface area contributed by atoms with E-state index in [2.05, 4.69) is 47.5 Å². The summed E-state index contributed by atoms with van der Waals surface area (Å²) < 4.78 is 0. The van der Waals surface area contributed by atoms with Gasteiger partial charge in [-0.05, 0) is 23.3 Å². The fourth-order valence-electron chi connectivity index (χ4n) is 2.00. The molecule has 0 amide bonds. The molecule has 1 aromatic heterocycles. The Morgan fingerprint density at radius 1 is 1.11 bits per heavy atom. The van der Waals surface area contributed by atoms with Gasteiger partial charge in [0.15, 0.2) is 0 Å². The number of rotatable bonds is 3. The summed E-state index contributed by atoms with van der Waals surface area (Å²) in [5, 5.41) is 12.7. The maximum atomic E-state index is 5.98. The molecule has 0 fully saturated rings. The molecule has 19 heavy (non-hydrogen) atoms. The zero-order valence-corrected chi connectivity index (χ0v) is 11.5. The highest BCUT2D eigenvalue weighted by Gasteiger charge is 2.11. The quantitative estimate of drug-likeness (QED) is 0.787. The zero-order chi connectivity index (χ0) is 13.2. The van der Waals surface area contributed by atoms with Gasteiger partial charge in [0.2, 0.25) is 0 Å². The molecule has 1 heterocycles. The number of nitrogens with zero attached hydrogens (tertiary/aromatic N) is 2. The van der Waals surface area contributed by atoms with Crippen molar-refractivity contribution in [1.82, 2.24) is 10.2 Å². The maximum absolute atomic E-state index is 5.98. The summed E-state index contributed by atoms with van der Waals surface area (Å²) in [5.41, 5.74) is 7.09. The predicted molar refractivity (Wildman–Crippen MR) is 80.1 cm³/mol. The minimum atomic E-state index is -0.00768. The molecule has 0 spiro atoms. The molecule has 0 aliphatic rings. The summed E-state index contributed by atoms with van der Waals surface area (Å²) in [6, 6.07) is 14.7. The van der Waals surface area contributed by atoms with Gasteiger partial charge in [0.25, 0.3) is 0 Å². The van der Waals surface area contributed by atoms with E-state index in [4.69, 9.17) is 5.73 Å². The lowest BCUT2D eigenvalue weighted by molar-refractivity contribution is 0.683. The third-order valence-corrected chi connectivity index (χ3v) is 4.30. The van der Waals surface area contributed by atoms with Gasteiger partial charge in [-0.3, -0.25) is 0 Å². The molecule has 0 radical (unpaired) electrons. The summed E-state index contributed by atoms with van der Waals surface area (Å²) in [6.45, 7) is 2.06. The van der Waals surface area contributed by atoms with Gasteiger partial charge < -0.3 is 5.73 Å². The Labute approximate surface area is 116 Å². The van der Waals surface area contributed by atoms with Crippen LogP contribution < -0.4 is 5.73 Å². The van der Waals surface area contributed by atoms with Crippen molar-refractivity contribution >= 4 is 22.1 Å². The number of benzene rings is 2. The van der Waals surface area contributed by atoms with Gasteiger partial charge in [-0.25, -0.2) is 0 Å². The Morgan fingerprint density at radius 2 is 1.89 bits per heavy atom. The van der Waals surface area contributed by atoms with E-state index in [9.17, 15) is 0 Å². The van der Waals surface area contributed by atoms with Crippen LogP contribution in [0.5, 0.6) is 0 Å². The molecular weight excluding hydrogens is 254 g/mol. The second-order valence-corrected chi connectivity index (χ2v) is 5.53. The highest BCUT2D eigenvalue weighted by Crippen LogP contribution is 2.29. The standard InChI is InChI=1S/C15H15N3S/c1-2-13(16)15-18-17-14(19-15)12-8-7-10-5-3-4-6-11(10)9-12/h3-9,13H,2,16H2,1H3. The van der Waals surface area contributed by atoms with E-state index >= 15 is 0 Å². The number of fused-ring (bicyclic) bond motifs is 1. The Hall–Kier alpha value is -1.78. The summed E-state index contributed by atoms with van der Waals surface area (Å²) in [4.78, 5) is 0. The Kier molecular flexibility index (Phi) is 3.27. The molecule has 1 atom stereocenters. The number of nitrogens with two attached hydrogens (primary N) is 1. The molecule has 0 bridgehead atoms. The molecular formula is C15H15N3S. The topological polar surface area (TPSA) is 51.8 Å². The second kappa shape index (κ2) is 5.07. The van der Waals surface area contributed by atoms with Crippen LogP contribution in [0.2, 0.25) is 0 Å². The summed E-state index contributed by atoms with van der Waals surface area (Å²) in [7, 11) is 0. The van der Waals surface area contributed by atoms with Crippen LogP contribution in [-0.4, -0.2) is 10.2 Å². The van der Waals surface area contributed by atoms with Crippen molar-refractivity contribution in [3.05, 3.63) is 47.5 Å². The lowest BCUT2D eigenvalue weighted by atomic mass is 10.1. The van der Waals surface area contributed by atoms with Crippen molar-refractivity contribution in [2.45, 2.75) is 19.4 Å². The van der Waals surface area contributed by atoms with Gasteiger partial charge in [-0.15, -0.1) is 10.2 Å². The van der Waals surface area contributed by atoms with Gasteiger partial charge >= 0.3 is 0 Å². The molecule has 4 heteroatoms. The molecule has 96 valence electrons. The summed E-state index contributed by atoms with van der Waals surface area (Å²) in [6.07, 6.45) is 0.881. The normalized spacial score (nSPS) is 12.7. The van der Waals surface area contributed by atoms with Crippen LogP contribution >= 0.6 is 11.3 Å². The number of aromatic nitrogens is 2. The van der Waals surface area contributed by atoms with E-state index < -0.39 is 0 Å². The third-order valence-electron chi connectivity index (χ3n) is 3.19. The first-order chi connectivity index (χ1) is 9.28. The largest absolute Gasteiger partial charge is 0.322 e. The SMILES string of the molecule is CCC(N)c1nnc(-c2ccc3ccccc3c2)s1. The van der Waals surface area contributed by atoms with Crippen molar-refractivity contribution in [1.29, 1.82) is 0 Å². The first-order valence-electron chi connectivity index (χ1n) is 6.36. The monoisotopic (exact) mass is 269 g/mol. The number of hydrogen-bond donors (Lipinski definition) is 1. The fourth-order valence-corrected chi connectivity index (χ4v) is 2.92. The van der Waals surface area contributed by atoms with E-state index in [-0.39, 0.29) is 6.04 Å².